The minimum atomic E-state index is -4.51. The summed E-state index contributed by atoms with van der Waals surface area (Å²) >= 11 is 0. The molecule has 4 nitrogen and oxygen atoms in total. The van der Waals surface area contributed by atoms with E-state index in [2.05, 4.69) is 20.2 Å². The van der Waals surface area contributed by atoms with Crippen LogP contribution in [0.3, 0.4) is 0 Å². The number of benzene rings is 1. The van der Waals surface area contributed by atoms with Crippen LogP contribution in [0.4, 0.5) is 19.1 Å². The van der Waals surface area contributed by atoms with Gasteiger partial charge in [-0.2, -0.15) is 13.2 Å². The minimum Gasteiger partial charge on any atom is -0.351 e. The molecule has 0 spiro atoms. The predicted molar refractivity (Wildman–Crippen MR) is 96.0 cm³/mol. The maximum atomic E-state index is 13.3. The zero-order chi connectivity index (χ0) is 18.7. The summed E-state index contributed by atoms with van der Waals surface area (Å²) in [5.41, 5.74) is 1.15. The number of nitrogens with one attached hydrogen (secondary N) is 1. The quantitative estimate of drug-likeness (QED) is 0.881. The number of hydrogen-bond acceptors (Lipinski definition) is 4. The largest absolute Gasteiger partial charge is 0.433 e. The van der Waals surface area contributed by atoms with Gasteiger partial charge in [-0.05, 0) is 51.0 Å². The first kappa shape index (κ1) is 18.6. The van der Waals surface area contributed by atoms with Gasteiger partial charge in [0.15, 0.2) is 5.69 Å². The molecule has 2 heterocycles. The summed E-state index contributed by atoms with van der Waals surface area (Å²) in [6, 6.07) is 8.54. The van der Waals surface area contributed by atoms with Gasteiger partial charge < -0.3 is 10.2 Å². The van der Waals surface area contributed by atoms with Crippen molar-refractivity contribution >= 4 is 5.95 Å². The van der Waals surface area contributed by atoms with Crippen LogP contribution in [0.15, 0.2) is 30.3 Å². The Balaban J connectivity index is 1.90. The zero-order valence-electron chi connectivity index (χ0n) is 15.0. The molecule has 0 amide bonds. The number of nitrogens with zero attached hydrogens (tertiary/aromatic N) is 3. The summed E-state index contributed by atoms with van der Waals surface area (Å²) in [7, 11) is 2.04. The van der Waals surface area contributed by atoms with Crippen molar-refractivity contribution < 1.29 is 13.2 Å². The Kier molecular flexibility index (Phi) is 5.46. The fourth-order valence-corrected chi connectivity index (χ4v) is 3.05. The number of anilines is 1. The SMILES string of the molecule is CCc1ccc(-c2cc(C(F)(F)F)nc(NC3CCN(C)CC3)n2)cc1. The summed E-state index contributed by atoms with van der Waals surface area (Å²) in [5.74, 6) is 0.0453. The highest BCUT2D eigenvalue weighted by atomic mass is 19.4. The topological polar surface area (TPSA) is 41.1 Å². The lowest BCUT2D eigenvalue weighted by Gasteiger charge is -2.29. The Morgan fingerprint density at radius 1 is 1.12 bits per heavy atom. The molecular weight excluding hydrogens is 341 g/mol. The summed E-state index contributed by atoms with van der Waals surface area (Å²) < 4.78 is 39.9. The smallest absolute Gasteiger partial charge is 0.351 e. The molecule has 0 atom stereocenters. The maximum absolute atomic E-state index is 13.3. The van der Waals surface area contributed by atoms with E-state index in [4.69, 9.17) is 0 Å². The molecule has 0 unspecified atom stereocenters. The molecule has 0 bridgehead atoms. The van der Waals surface area contributed by atoms with Gasteiger partial charge in [-0.3, -0.25) is 0 Å². The van der Waals surface area contributed by atoms with E-state index in [1.165, 1.54) is 0 Å². The van der Waals surface area contributed by atoms with E-state index >= 15 is 0 Å². The maximum Gasteiger partial charge on any atom is 0.433 e. The predicted octanol–water partition coefficient (Wildman–Crippen LogP) is 4.23. The summed E-state index contributed by atoms with van der Waals surface area (Å²) in [6.07, 6.45) is -1.92. The van der Waals surface area contributed by atoms with E-state index in [1.807, 2.05) is 26.1 Å². The van der Waals surface area contributed by atoms with Gasteiger partial charge >= 0.3 is 6.18 Å². The number of likely N-dealkylation sites (tertiary alicyclic amines) is 1. The second-order valence-corrected chi connectivity index (χ2v) is 6.73. The highest BCUT2D eigenvalue weighted by Gasteiger charge is 2.34. The number of hydrogen-bond donors (Lipinski definition) is 1. The average molecular weight is 364 g/mol. The first-order chi connectivity index (χ1) is 12.3. The van der Waals surface area contributed by atoms with Crippen molar-refractivity contribution in [2.24, 2.45) is 0 Å². The number of piperidine rings is 1. The number of aryl methyl sites for hydroxylation is 1. The van der Waals surface area contributed by atoms with Gasteiger partial charge in [0.25, 0.3) is 0 Å². The molecule has 1 fully saturated rings. The molecule has 0 saturated carbocycles. The Morgan fingerprint density at radius 3 is 2.35 bits per heavy atom. The monoisotopic (exact) mass is 364 g/mol. The van der Waals surface area contributed by atoms with E-state index in [-0.39, 0.29) is 17.7 Å². The molecule has 140 valence electrons. The molecule has 1 N–H and O–H groups in total. The molecule has 3 rings (SSSR count). The van der Waals surface area contributed by atoms with Crippen LogP contribution in [0, 0.1) is 0 Å². The Labute approximate surface area is 151 Å². The van der Waals surface area contributed by atoms with E-state index in [1.54, 1.807) is 12.1 Å². The van der Waals surface area contributed by atoms with Crippen molar-refractivity contribution in [3.05, 3.63) is 41.6 Å². The van der Waals surface area contributed by atoms with Crippen molar-refractivity contribution in [2.45, 2.75) is 38.4 Å². The first-order valence-corrected chi connectivity index (χ1v) is 8.86. The van der Waals surface area contributed by atoms with Crippen molar-refractivity contribution in [1.82, 2.24) is 14.9 Å². The van der Waals surface area contributed by atoms with Crippen LogP contribution < -0.4 is 5.32 Å². The number of rotatable bonds is 4. The van der Waals surface area contributed by atoms with E-state index in [0.717, 1.165) is 44.0 Å². The van der Waals surface area contributed by atoms with Crippen molar-refractivity contribution in [3.8, 4) is 11.3 Å². The van der Waals surface area contributed by atoms with Crippen molar-refractivity contribution in [3.63, 3.8) is 0 Å². The van der Waals surface area contributed by atoms with Gasteiger partial charge in [0.05, 0.1) is 5.69 Å². The van der Waals surface area contributed by atoms with Crippen LogP contribution in [-0.2, 0) is 12.6 Å². The molecule has 1 aliphatic rings. The van der Waals surface area contributed by atoms with Gasteiger partial charge in [-0.25, -0.2) is 9.97 Å². The van der Waals surface area contributed by atoms with E-state index < -0.39 is 11.9 Å². The Morgan fingerprint density at radius 2 is 1.77 bits per heavy atom. The lowest BCUT2D eigenvalue weighted by atomic mass is 10.1. The van der Waals surface area contributed by atoms with Crippen LogP contribution in [0.5, 0.6) is 0 Å². The highest BCUT2D eigenvalue weighted by molar-refractivity contribution is 5.61. The highest BCUT2D eigenvalue weighted by Crippen LogP contribution is 2.31. The normalized spacial score (nSPS) is 16.7. The van der Waals surface area contributed by atoms with Crippen LogP contribution in [0.1, 0.15) is 31.0 Å². The Bertz CT molecular complexity index is 735. The molecule has 2 aromatic rings. The van der Waals surface area contributed by atoms with Crippen molar-refractivity contribution in [2.75, 3.05) is 25.5 Å². The van der Waals surface area contributed by atoms with E-state index in [9.17, 15) is 13.2 Å². The molecule has 1 aromatic heterocycles. The molecule has 1 saturated heterocycles. The molecule has 7 heteroatoms. The number of aromatic nitrogens is 2. The van der Waals surface area contributed by atoms with Gasteiger partial charge in [-0.15, -0.1) is 0 Å². The average Bonchev–Trinajstić information content (AvgIpc) is 2.63. The molecule has 1 aromatic carbocycles. The second kappa shape index (κ2) is 7.61. The summed E-state index contributed by atoms with van der Waals surface area (Å²) in [6.45, 7) is 3.84. The minimum absolute atomic E-state index is 0.0453. The zero-order valence-corrected chi connectivity index (χ0v) is 15.0. The van der Waals surface area contributed by atoms with Gasteiger partial charge in [0, 0.05) is 11.6 Å². The third-order valence-corrected chi connectivity index (χ3v) is 4.73. The summed E-state index contributed by atoms with van der Waals surface area (Å²) in [4.78, 5) is 10.3. The third-order valence-electron chi connectivity index (χ3n) is 4.73. The van der Waals surface area contributed by atoms with Crippen LogP contribution in [0.25, 0.3) is 11.3 Å². The molecule has 0 radical (unpaired) electrons. The lowest BCUT2D eigenvalue weighted by Crippen LogP contribution is -2.37. The van der Waals surface area contributed by atoms with Crippen LogP contribution in [-0.4, -0.2) is 41.0 Å². The number of halogens is 3. The van der Waals surface area contributed by atoms with Gasteiger partial charge in [0.2, 0.25) is 5.95 Å². The van der Waals surface area contributed by atoms with Gasteiger partial charge in [0.1, 0.15) is 0 Å². The molecular formula is C19H23F3N4. The van der Waals surface area contributed by atoms with Gasteiger partial charge in [-0.1, -0.05) is 31.2 Å². The first-order valence-electron chi connectivity index (χ1n) is 8.86. The lowest BCUT2D eigenvalue weighted by molar-refractivity contribution is -0.141. The third kappa shape index (κ3) is 4.52. The van der Waals surface area contributed by atoms with Crippen molar-refractivity contribution in [1.29, 1.82) is 0 Å². The fourth-order valence-electron chi connectivity index (χ4n) is 3.05. The standard InChI is InChI=1S/C19H23F3N4/c1-3-13-4-6-14(7-5-13)16-12-17(19(20,21)22)25-18(24-16)23-15-8-10-26(2)11-9-15/h4-7,12,15H,3,8-11H2,1-2H3,(H,23,24,25). The molecule has 1 aliphatic heterocycles. The number of alkyl halides is 3. The van der Waals surface area contributed by atoms with Crippen LogP contribution in [0.2, 0.25) is 0 Å². The second-order valence-electron chi connectivity index (χ2n) is 6.73. The fraction of sp³-hybridized carbons (Fsp3) is 0.474. The summed E-state index contributed by atoms with van der Waals surface area (Å²) in [5, 5.41) is 3.10. The van der Waals surface area contributed by atoms with E-state index in [0.29, 0.717) is 5.56 Å². The molecule has 26 heavy (non-hydrogen) atoms. The van der Waals surface area contributed by atoms with Crippen LogP contribution >= 0.6 is 0 Å². The molecule has 0 aliphatic carbocycles. The Hall–Kier alpha value is -2.15.